The van der Waals surface area contributed by atoms with Crippen LogP contribution >= 0.6 is 11.8 Å². The molecule has 0 spiro atoms. The summed E-state index contributed by atoms with van der Waals surface area (Å²) < 4.78 is 17.8. The van der Waals surface area contributed by atoms with Gasteiger partial charge in [-0.2, -0.15) is 0 Å². The van der Waals surface area contributed by atoms with Gasteiger partial charge in [-0.1, -0.05) is 18.2 Å². The monoisotopic (exact) mass is 306 g/mol. The van der Waals surface area contributed by atoms with Crippen LogP contribution in [0.4, 0.5) is 0 Å². The zero-order chi connectivity index (χ0) is 14.4. The van der Waals surface area contributed by atoms with Crippen LogP contribution in [-0.4, -0.2) is 30.0 Å². The molecule has 0 aromatic heterocycles. The Morgan fingerprint density at radius 2 is 1.90 bits per heavy atom. The third kappa shape index (κ3) is 3.00. The maximum Gasteiger partial charge on any atom is 0.187 e. The maximum absolute atomic E-state index is 6.07. The molecule has 1 aromatic rings. The molecule has 1 aliphatic carbocycles. The first-order valence-electron chi connectivity index (χ1n) is 7.80. The smallest absolute Gasteiger partial charge is 0.187 e. The zero-order valence-corrected chi connectivity index (χ0v) is 13.3. The number of thioether (sulfide) groups is 1. The standard InChI is InChI=1S/C17H22O3S/c1-17(2)19-15-9-14(18-16(15)20-17)13-8-11(13)10-21-12-6-4-3-5-7-12/h3-7,11,13-16H,8-10H2,1-2H3/t11-,13+,14+,15-,16-/m1/s1. The fourth-order valence-corrected chi connectivity index (χ4v) is 4.59. The van der Waals surface area contributed by atoms with Crippen LogP contribution in [0.25, 0.3) is 0 Å². The van der Waals surface area contributed by atoms with Gasteiger partial charge in [-0.15, -0.1) is 11.8 Å². The first-order valence-corrected chi connectivity index (χ1v) is 8.78. The fraction of sp³-hybridized carbons (Fsp3) is 0.647. The van der Waals surface area contributed by atoms with Crippen LogP contribution in [-0.2, 0) is 14.2 Å². The first-order chi connectivity index (χ1) is 10.1. The van der Waals surface area contributed by atoms with Gasteiger partial charge in [0.25, 0.3) is 0 Å². The molecule has 3 nitrogen and oxygen atoms in total. The normalized spacial score (nSPS) is 40.2. The van der Waals surface area contributed by atoms with Crippen molar-refractivity contribution in [3.63, 3.8) is 0 Å². The second-order valence-electron chi connectivity index (χ2n) is 6.74. The topological polar surface area (TPSA) is 27.7 Å². The van der Waals surface area contributed by atoms with Crippen LogP contribution in [0.2, 0.25) is 0 Å². The van der Waals surface area contributed by atoms with E-state index in [2.05, 4.69) is 30.3 Å². The largest absolute Gasteiger partial charge is 0.346 e. The van der Waals surface area contributed by atoms with Gasteiger partial charge in [0, 0.05) is 17.1 Å². The molecule has 0 unspecified atom stereocenters. The molecule has 0 amide bonds. The quantitative estimate of drug-likeness (QED) is 0.793. The van der Waals surface area contributed by atoms with E-state index < -0.39 is 5.79 Å². The number of rotatable bonds is 4. The van der Waals surface area contributed by atoms with E-state index >= 15 is 0 Å². The van der Waals surface area contributed by atoms with E-state index in [9.17, 15) is 0 Å². The maximum atomic E-state index is 6.07. The van der Waals surface area contributed by atoms with Crippen molar-refractivity contribution in [1.29, 1.82) is 0 Å². The summed E-state index contributed by atoms with van der Waals surface area (Å²) in [6, 6.07) is 10.6. The molecule has 0 bridgehead atoms. The van der Waals surface area contributed by atoms with Crippen molar-refractivity contribution >= 4 is 11.8 Å². The third-order valence-corrected chi connectivity index (χ3v) is 5.77. The van der Waals surface area contributed by atoms with Crippen molar-refractivity contribution < 1.29 is 14.2 Å². The van der Waals surface area contributed by atoms with Gasteiger partial charge in [0.05, 0.1) is 6.10 Å². The molecule has 5 atom stereocenters. The lowest BCUT2D eigenvalue weighted by Crippen LogP contribution is -2.25. The lowest BCUT2D eigenvalue weighted by atomic mass is 10.1. The summed E-state index contributed by atoms with van der Waals surface area (Å²) in [4.78, 5) is 1.36. The Kier molecular flexibility index (Phi) is 3.53. The second-order valence-corrected chi connectivity index (χ2v) is 7.83. The summed E-state index contributed by atoms with van der Waals surface area (Å²) in [5.41, 5.74) is 0. The molecule has 2 aliphatic heterocycles. The SMILES string of the molecule is CC1(C)O[C@H]2O[C@H]([C@H]3C[C@@H]3CSc3ccccc3)C[C@H]2O1. The van der Waals surface area contributed by atoms with Gasteiger partial charge >= 0.3 is 0 Å². The van der Waals surface area contributed by atoms with E-state index in [1.54, 1.807) is 0 Å². The molecular weight excluding hydrogens is 284 g/mol. The summed E-state index contributed by atoms with van der Waals surface area (Å²) in [5, 5.41) is 0. The Morgan fingerprint density at radius 3 is 2.67 bits per heavy atom. The molecule has 3 fully saturated rings. The highest BCUT2D eigenvalue weighted by atomic mass is 32.2. The minimum atomic E-state index is -0.480. The number of benzene rings is 1. The number of fused-ring (bicyclic) bond motifs is 1. The summed E-state index contributed by atoms with van der Waals surface area (Å²) in [7, 11) is 0. The van der Waals surface area contributed by atoms with Gasteiger partial charge in [-0.05, 0) is 44.2 Å². The summed E-state index contributed by atoms with van der Waals surface area (Å²) >= 11 is 1.96. The Morgan fingerprint density at radius 1 is 1.10 bits per heavy atom. The Labute approximate surface area is 130 Å². The summed E-state index contributed by atoms with van der Waals surface area (Å²) in [6.45, 7) is 3.92. The number of ether oxygens (including phenoxy) is 3. The highest BCUT2D eigenvalue weighted by Crippen LogP contribution is 2.50. The minimum absolute atomic E-state index is 0.132. The first kappa shape index (κ1) is 14.1. The third-order valence-electron chi connectivity index (χ3n) is 4.57. The Hall–Kier alpha value is -0.550. The summed E-state index contributed by atoms with van der Waals surface area (Å²) in [6.07, 6.45) is 2.59. The lowest BCUT2D eigenvalue weighted by Gasteiger charge is -2.20. The molecule has 0 radical (unpaired) electrons. The van der Waals surface area contributed by atoms with E-state index in [1.165, 1.54) is 17.1 Å². The average Bonchev–Trinajstić information content (AvgIpc) is 3.04. The molecule has 1 aromatic carbocycles. The van der Waals surface area contributed by atoms with Gasteiger partial charge in [0.15, 0.2) is 12.1 Å². The van der Waals surface area contributed by atoms with Gasteiger partial charge in [-0.25, -0.2) is 0 Å². The van der Waals surface area contributed by atoms with Crippen molar-refractivity contribution in [3.05, 3.63) is 30.3 Å². The highest BCUT2D eigenvalue weighted by molar-refractivity contribution is 7.99. The van der Waals surface area contributed by atoms with Crippen LogP contribution < -0.4 is 0 Å². The molecule has 114 valence electrons. The van der Waals surface area contributed by atoms with Gasteiger partial charge < -0.3 is 14.2 Å². The predicted octanol–water partition coefficient (Wildman–Crippen LogP) is 3.68. The van der Waals surface area contributed by atoms with Gasteiger partial charge in [-0.3, -0.25) is 0 Å². The zero-order valence-electron chi connectivity index (χ0n) is 12.5. The highest BCUT2D eigenvalue weighted by Gasteiger charge is 2.54. The fourth-order valence-electron chi connectivity index (χ4n) is 3.45. The molecule has 3 aliphatic rings. The minimum Gasteiger partial charge on any atom is -0.346 e. The van der Waals surface area contributed by atoms with Gasteiger partial charge in [0.1, 0.15) is 6.10 Å². The van der Waals surface area contributed by atoms with E-state index in [4.69, 9.17) is 14.2 Å². The second kappa shape index (κ2) is 5.27. The van der Waals surface area contributed by atoms with Crippen molar-refractivity contribution in [1.82, 2.24) is 0 Å². The Bertz CT molecular complexity index is 488. The van der Waals surface area contributed by atoms with Crippen molar-refractivity contribution in [2.24, 2.45) is 11.8 Å². The van der Waals surface area contributed by atoms with Crippen molar-refractivity contribution in [2.45, 2.75) is 55.9 Å². The van der Waals surface area contributed by atoms with Gasteiger partial charge in [0.2, 0.25) is 0 Å². The van der Waals surface area contributed by atoms with Crippen molar-refractivity contribution in [3.8, 4) is 0 Å². The van der Waals surface area contributed by atoms with Crippen molar-refractivity contribution in [2.75, 3.05) is 5.75 Å². The number of hydrogen-bond donors (Lipinski definition) is 0. The molecule has 4 heteroatoms. The van der Waals surface area contributed by atoms with Crippen LogP contribution in [0.1, 0.15) is 26.7 Å². The average molecular weight is 306 g/mol. The Balaban J connectivity index is 1.26. The van der Waals surface area contributed by atoms with Crippen LogP contribution in [0.15, 0.2) is 35.2 Å². The van der Waals surface area contributed by atoms with E-state index in [1.807, 2.05) is 25.6 Å². The lowest BCUT2D eigenvalue weighted by molar-refractivity contribution is -0.206. The molecule has 0 N–H and O–H groups in total. The predicted molar refractivity (Wildman–Crippen MR) is 82.1 cm³/mol. The summed E-state index contributed by atoms with van der Waals surface area (Å²) in [5.74, 6) is 2.19. The molecule has 4 rings (SSSR count). The molecular formula is C17H22O3S. The molecule has 2 heterocycles. The van der Waals surface area contributed by atoms with E-state index in [0.29, 0.717) is 12.0 Å². The molecule has 2 saturated heterocycles. The van der Waals surface area contributed by atoms with Crippen LogP contribution in [0.3, 0.4) is 0 Å². The molecule has 1 saturated carbocycles. The van der Waals surface area contributed by atoms with E-state index in [0.717, 1.165) is 12.3 Å². The van der Waals surface area contributed by atoms with Crippen LogP contribution in [0.5, 0.6) is 0 Å². The van der Waals surface area contributed by atoms with E-state index in [-0.39, 0.29) is 12.4 Å². The number of hydrogen-bond acceptors (Lipinski definition) is 4. The van der Waals surface area contributed by atoms with Crippen LogP contribution in [0, 0.1) is 11.8 Å². The molecule has 21 heavy (non-hydrogen) atoms.